The molecule has 0 aliphatic rings. The van der Waals surface area contributed by atoms with Crippen LogP contribution in [0.2, 0.25) is 0 Å². The van der Waals surface area contributed by atoms with Crippen LogP contribution in [0.15, 0.2) is 36.4 Å². The summed E-state index contributed by atoms with van der Waals surface area (Å²) < 4.78 is 1.95. The van der Waals surface area contributed by atoms with Crippen LogP contribution in [0.3, 0.4) is 0 Å². The molecule has 102 valence electrons. The molecule has 0 fully saturated rings. The van der Waals surface area contributed by atoms with E-state index in [1.165, 1.54) is 11.3 Å². The molecule has 0 aliphatic heterocycles. The van der Waals surface area contributed by atoms with Gasteiger partial charge in [-0.3, -0.25) is 4.68 Å². The molecule has 3 nitrogen and oxygen atoms in total. The lowest BCUT2D eigenvalue weighted by atomic mass is 9.91. The molecule has 2 unspecified atom stereocenters. The number of nitrogens with zero attached hydrogens (tertiary/aromatic N) is 2. The van der Waals surface area contributed by atoms with Crippen LogP contribution < -0.4 is 5.73 Å². The summed E-state index contributed by atoms with van der Waals surface area (Å²) in [4.78, 5) is 0. The Bertz CT molecular complexity index is 516. The van der Waals surface area contributed by atoms with Crippen LogP contribution in [0.5, 0.6) is 0 Å². The molecule has 2 rings (SSSR count). The molecule has 1 aromatic carbocycles. The SMILES string of the molecule is CCc1cc(CC(N)C(C)c2ccccc2)n(C)n1. The quantitative estimate of drug-likeness (QED) is 0.895. The van der Waals surface area contributed by atoms with Crippen molar-refractivity contribution in [2.24, 2.45) is 12.8 Å². The van der Waals surface area contributed by atoms with Crippen LogP contribution in [0.1, 0.15) is 36.7 Å². The molecular formula is C16H23N3. The van der Waals surface area contributed by atoms with Gasteiger partial charge in [0.1, 0.15) is 0 Å². The largest absolute Gasteiger partial charge is 0.327 e. The Morgan fingerprint density at radius 1 is 1.26 bits per heavy atom. The van der Waals surface area contributed by atoms with Crippen molar-refractivity contribution in [1.29, 1.82) is 0 Å². The van der Waals surface area contributed by atoms with Crippen molar-refractivity contribution in [1.82, 2.24) is 9.78 Å². The van der Waals surface area contributed by atoms with Crippen LogP contribution in [-0.2, 0) is 19.9 Å². The predicted octanol–water partition coefficient (Wildman–Crippen LogP) is 2.66. The molecule has 0 saturated carbocycles. The lowest BCUT2D eigenvalue weighted by molar-refractivity contribution is 0.541. The summed E-state index contributed by atoms with van der Waals surface area (Å²) in [5, 5.41) is 4.48. The molecule has 1 aromatic heterocycles. The second-order valence-corrected chi connectivity index (χ2v) is 5.17. The first kappa shape index (κ1) is 13.8. The number of benzene rings is 1. The summed E-state index contributed by atoms with van der Waals surface area (Å²) in [5.41, 5.74) is 10.0. The molecule has 0 amide bonds. The van der Waals surface area contributed by atoms with Crippen molar-refractivity contribution in [2.45, 2.75) is 38.6 Å². The molecule has 2 N–H and O–H groups in total. The van der Waals surface area contributed by atoms with Crippen molar-refractivity contribution >= 4 is 0 Å². The average molecular weight is 257 g/mol. The summed E-state index contributed by atoms with van der Waals surface area (Å²) in [6.07, 6.45) is 1.83. The highest BCUT2D eigenvalue weighted by atomic mass is 15.3. The predicted molar refractivity (Wildman–Crippen MR) is 79.1 cm³/mol. The minimum atomic E-state index is 0.113. The lowest BCUT2D eigenvalue weighted by Gasteiger charge is -2.20. The maximum absolute atomic E-state index is 6.36. The van der Waals surface area contributed by atoms with Gasteiger partial charge in [-0.05, 0) is 24.0 Å². The van der Waals surface area contributed by atoms with E-state index < -0.39 is 0 Å². The van der Waals surface area contributed by atoms with Crippen molar-refractivity contribution in [2.75, 3.05) is 0 Å². The molecule has 0 spiro atoms. The van der Waals surface area contributed by atoms with Gasteiger partial charge in [-0.15, -0.1) is 0 Å². The fraction of sp³-hybridized carbons (Fsp3) is 0.438. The van der Waals surface area contributed by atoms with E-state index in [0.717, 1.165) is 18.5 Å². The molecule has 19 heavy (non-hydrogen) atoms. The van der Waals surface area contributed by atoms with E-state index >= 15 is 0 Å². The van der Waals surface area contributed by atoms with Gasteiger partial charge in [-0.2, -0.15) is 5.10 Å². The summed E-state index contributed by atoms with van der Waals surface area (Å²) >= 11 is 0. The first-order valence-electron chi connectivity index (χ1n) is 6.94. The Hall–Kier alpha value is -1.61. The number of aryl methyl sites for hydroxylation is 2. The van der Waals surface area contributed by atoms with Gasteiger partial charge in [0, 0.05) is 25.2 Å². The molecule has 0 radical (unpaired) electrons. The first-order chi connectivity index (χ1) is 9.11. The third-order valence-electron chi connectivity index (χ3n) is 3.80. The highest BCUT2D eigenvalue weighted by Gasteiger charge is 2.17. The molecule has 2 atom stereocenters. The van der Waals surface area contributed by atoms with Gasteiger partial charge >= 0.3 is 0 Å². The summed E-state index contributed by atoms with van der Waals surface area (Å²) in [7, 11) is 1.99. The van der Waals surface area contributed by atoms with Gasteiger partial charge < -0.3 is 5.73 Å². The van der Waals surface area contributed by atoms with E-state index in [1.54, 1.807) is 0 Å². The Kier molecular flexibility index (Phi) is 4.38. The van der Waals surface area contributed by atoms with E-state index in [-0.39, 0.29) is 6.04 Å². The number of hydrogen-bond acceptors (Lipinski definition) is 2. The maximum Gasteiger partial charge on any atom is 0.0624 e. The molecule has 0 bridgehead atoms. The lowest BCUT2D eigenvalue weighted by Crippen LogP contribution is -2.30. The summed E-state index contributed by atoms with van der Waals surface area (Å²) in [6, 6.07) is 12.7. The van der Waals surface area contributed by atoms with Gasteiger partial charge in [0.05, 0.1) is 5.69 Å². The second-order valence-electron chi connectivity index (χ2n) is 5.17. The van der Waals surface area contributed by atoms with E-state index in [4.69, 9.17) is 5.73 Å². The first-order valence-corrected chi connectivity index (χ1v) is 6.94. The number of rotatable bonds is 5. The second kappa shape index (κ2) is 6.02. The zero-order valence-corrected chi connectivity index (χ0v) is 12.0. The number of hydrogen-bond donors (Lipinski definition) is 1. The fourth-order valence-electron chi connectivity index (χ4n) is 2.36. The van der Waals surface area contributed by atoms with Crippen molar-refractivity contribution in [3.63, 3.8) is 0 Å². The zero-order chi connectivity index (χ0) is 13.8. The van der Waals surface area contributed by atoms with E-state index in [2.05, 4.69) is 49.3 Å². The van der Waals surface area contributed by atoms with Gasteiger partial charge in [-0.1, -0.05) is 44.2 Å². The fourth-order valence-corrected chi connectivity index (χ4v) is 2.36. The Morgan fingerprint density at radius 2 is 1.95 bits per heavy atom. The van der Waals surface area contributed by atoms with E-state index in [9.17, 15) is 0 Å². The zero-order valence-electron chi connectivity index (χ0n) is 12.0. The Morgan fingerprint density at radius 3 is 2.53 bits per heavy atom. The minimum absolute atomic E-state index is 0.113. The molecule has 3 heteroatoms. The number of aromatic nitrogens is 2. The molecule has 1 heterocycles. The summed E-state index contributed by atoms with van der Waals surface area (Å²) in [5.74, 6) is 0.348. The van der Waals surface area contributed by atoms with Gasteiger partial charge in [0.15, 0.2) is 0 Å². The normalized spacial score (nSPS) is 14.3. The smallest absolute Gasteiger partial charge is 0.0624 e. The van der Waals surface area contributed by atoms with Crippen molar-refractivity contribution in [3.05, 3.63) is 53.3 Å². The third kappa shape index (κ3) is 3.24. The highest BCUT2D eigenvalue weighted by molar-refractivity contribution is 5.21. The molecular weight excluding hydrogens is 234 g/mol. The molecule has 0 saturated heterocycles. The van der Waals surface area contributed by atoms with Crippen LogP contribution in [-0.4, -0.2) is 15.8 Å². The Balaban J connectivity index is 2.08. The van der Waals surface area contributed by atoms with E-state index in [0.29, 0.717) is 5.92 Å². The molecule has 0 aliphatic carbocycles. The monoisotopic (exact) mass is 257 g/mol. The van der Waals surface area contributed by atoms with Crippen LogP contribution >= 0.6 is 0 Å². The number of nitrogens with two attached hydrogens (primary N) is 1. The topological polar surface area (TPSA) is 43.8 Å². The van der Waals surface area contributed by atoms with Crippen LogP contribution in [0.25, 0.3) is 0 Å². The van der Waals surface area contributed by atoms with E-state index in [1.807, 2.05) is 17.8 Å². The molecule has 2 aromatic rings. The highest BCUT2D eigenvalue weighted by Crippen LogP contribution is 2.20. The maximum atomic E-state index is 6.36. The van der Waals surface area contributed by atoms with Gasteiger partial charge in [0.2, 0.25) is 0 Å². The Labute approximate surface area is 115 Å². The van der Waals surface area contributed by atoms with Crippen LogP contribution in [0.4, 0.5) is 0 Å². The minimum Gasteiger partial charge on any atom is -0.327 e. The standard InChI is InChI=1S/C16H23N3/c1-4-14-10-15(19(3)18-14)11-16(17)12(2)13-8-6-5-7-9-13/h5-10,12,16H,4,11,17H2,1-3H3. The van der Waals surface area contributed by atoms with Crippen molar-refractivity contribution in [3.8, 4) is 0 Å². The van der Waals surface area contributed by atoms with Gasteiger partial charge in [0.25, 0.3) is 0 Å². The van der Waals surface area contributed by atoms with Gasteiger partial charge in [-0.25, -0.2) is 0 Å². The third-order valence-corrected chi connectivity index (χ3v) is 3.80. The summed E-state index contributed by atoms with van der Waals surface area (Å²) in [6.45, 7) is 4.32. The van der Waals surface area contributed by atoms with Crippen molar-refractivity contribution < 1.29 is 0 Å². The average Bonchev–Trinajstić information content (AvgIpc) is 2.79. The van der Waals surface area contributed by atoms with Crippen LogP contribution in [0, 0.1) is 0 Å².